The van der Waals surface area contributed by atoms with Crippen LogP contribution in [0.3, 0.4) is 0 Å². The molecule has 0 aliphatic carbocycles. The molecule has 3 nitrogen and oxygen atoms in total. The van der Waals surface area contributed by atoms with E-state index >= 15 is 0 Å². The molecule has 0 spiro atoms. The van der Waals surface area contributed by atoms with Gasteiger partial charge in [0.15, 0.2) is 0 Å². The summed E-state index contributed by atoms with van der Waals surface area (Å²) < 4.78 is 0. The number of hydrogen-bond acceptors (Lipinski definition) is 3. The summed E-state index contributed by atoms with van der Waals surface area (Å²) in [7, 11) is 0. The molecule has 138 valence electrons. The molecule has 0 saturated carbocycles. The van der Waals surface area contributed by atoms with Crippen LogP contribution in [0.5, 0.6) is 0 Å². The molecule has 0 aromatic heterocycles. The van der Waals surface area contributed by atoms with Crippen molar-refractivity contribution in [3.05, 3.63) is 81.9 Å². The van der Waals surface area contributed by atoms with Crippen molar-refractivity contribution in [2.24, 2.45) is 0 Å². The highest BCUT2D eigenvalue weighted by atomic mass is 32.2. The van der Waals surface area contributed by atoms with E-state index in [1.54, 1.807) is 11.8 Å². The summed E-state index contributed by atoms with van der Waals surface area (Å²) in [6.07, 6.45) is 7.35. The van der Waals surface area contributed by atoms with E-state index in [2.05, 4.69) is 6.92 Å². The molecule has 0 bridgehead atoms. The van der Waals surface area contributed by atoms with E-state index in [-0.39, 0.29) is 10.6 Å². The average Bonchev–Trinajstić information content (AvgIpc) is 2.67. The SMILES string of the molecule is CCCCCCCCSC(=C(c1ccccc1)[N+](=O)[O-])c1ccccc1. The van der Waals surface area contributed by atoms with Gasteiger partial charge in [-0.1, -0.05) is 87.6 Å². The number of nitro groups is 1. The quantitative estimate of drug-likeness (QED) is 0.188. The molecule has 0 radical (unpaired) electrons. The molecule has 0 atom stereocenters. The van der Waals surface area contributed by atoms with Crippen molar-refractivity contribution >= 4 is 22.4 Å². The van der Waals surface area contributed by atoms with Gasteiger partial charge in [-0.3, -0.25) is 10.1 Å². The normalized spacial score (nSPS) is 11.9. The monoisotopic (exact) mass is 369 g/mol. The fourth-order valence-corrected chi connectivity index (χ4v) is 4.03. The average molecular weight is 370 g/mol. The molecule has 0 saturated heterocycles. The van der Waals surface area contributed by atoms with Crippen molar-refractivity contribution < 1.29 is 4.92 Å². The lowest BCUT2D eigenvalue weighted by Crippen LogP contribution is -2.01. The lowest BCUT2D eigenvalue weighted by atomic mass is 10.1. The Hall–Kier alpha value is -2.07. The van der Waals surface area contributed by atoms with Gasteiger partial charge in [0, 0.05) is 0 Å². The van der Waals surface area contributed by atoms with E-state index in [1.807, 2.05) is 60.7 Å². The largest absolute Gasteiger partial charge is 0.290 e. The van der Waals surface area contributed by atoms with Gasteiger partial charge in [-0.15, -0.1) is 11.8 Å². The Morgan fingerprint density at radius 1 is 0.846 bits per heavy atom. The Morgan fingerprint density at radius 2 is 1.38 bits per heavy atom. The Balaban J connectivity index is 2.19. The molecule has 0 aliphatic rings. The Kier molecular flexibility index (Phi) is 8.98. The van der Waals surface area contributed by atoms with Crippen molar-refractivity contribution in [3.8, 4) is 0 Å². The molecule has 0 heterocycles. The maximum Gasteiger partial charge on any atom is 0.290 e. The van der Waals surface area contributed by atoms with Gasteiger partial charge in [-0.25, -0.2) is 0 Å². The van der Waals surface area contributed by atoms with Gasteiger partial charge in [0.2, 0.25) is 0 Å². The minimum absolute atomic E-state index is 0.202. The van der Waals surface area contributed by atoms with Crippen LogP contribution in [0.25, 0.3) is 10.6 Å². The Morgan fingerprint density at radius 3 is 1.96 bits per heavy atom. The van der Waals surface area contributed by atoms with Gasteiger partial charge in [-0.2, -0.15) is 0 Å². The van der Waals surface area contributed by atoms with Gasteiger partial charge in [0.1, 0.15) is 0 Å². The topological polar surface area (TPSA) is 43.1 Å². The second kappa shape index (κ2) is 11.5. The van der Waals surface area contributed by atoms with E-state index in [9.17, 15) is 10.1 Å². The van der Waals surface area contributed by atoms with Crippen LogP contribution in [-0.4, -0.2) is 10.7 Å². The van der Waals surface area contributed by atoms with Crippen molar-refractivity contribution in [1.82, 2.24) is 0 Å². The number of benzene rings is 2. The van der Waals surface area contributed by atoms with E-state index in [1.165, 1.54) is 32.1 Å². The van der Waals surface area contributed by atoms with E-state index in [4.69, 9.17) is 0 Å². The molecule has 0 amide bonds. The first-order valence-corrected chi connectivity index (χ1v) is 10.3. The molecule has 0 N–H and O–H groups in total. The molecular weight excluding hydrogens is 342 g/mol. The first kappa shape index (κ1) is 20.2. The summed E-state index contributed by atoms with van der Waals surface area (Å²) in [5, 5.41) is 11.9. The Labute approximate surface area is 160 Å². The molecule has 4 heteroatoms. The highest BCUT2D eigenvalue weighted by molar-refractivity contribution is 8.08. The maximum atomic E-state index is 11.9. The standard InChI is InChI=1S/C22H27NO2S/c1-2-3-4-5-6-13-18-26-22(20-16-11-8-12-17-20)21(23(24)25)19-14-9-7-10-15-19/h7-12,14-17H,2-6,13,18H2,1H3. The number of unbranched alkanes of at least 4 members (excludes halogenated alkanes) is 5. The third-order valence-corrected chi connectivity index (χ3v) is 5.44. The van der Waals surface area contributed by atoms with Gasteiger partial charge in [0.05, 0.1) is 15.4 Å². The van der Waals surface area contributed by atoms with E-state index < -0.39 is 0 Å². The lowest BCUT2D eigenvalue weighted by Gasteiger charge is -2.10. The summed E-state index contributed by atoms with van der Waals surface area (Å²) in [6, 6.07) is 18.9. The van der Waals surface area contributed by atoms with Crippen LogP contribution in [0.2, 0.25) is 0 Å². The first-order valence-electron chi connectivity index (χ1n) is 9.36. The van der Waals surface area contributed by atoms with Crippen LogP contribution in [0.1, 0.15) is 56.6 Å². The second-order valence-electron chi connectivity index (χ2n) is 6.28. The van der Waals surface area contributed by atoms with Crippen molar-refractivity contribution in [2.75, 3.05) is 5.75 Å². The maximum absolute atomic E-state index is 11.9. The molecule has 2 aromatic rings. The smallest absolute Gasteiger partial charge is 0.258 e. The molecule has 26 heavy (non-hydrogen) atoms. The molecule has 2 aromatic carbocycles. The zero-order valence-corrected chi connectivity index (χ0v) is 16.2. The molecule has 2 rings (SSSR count). The summed E-state index contributed by atoms with van der Waals surface area (Å²) in [6.45, 7) is 2.22. The van der Waals surface area contributed by atoms with Crippen LogP contribution in [-0.2, 0) is 0 Å². The second-order valence-corrected chi connectivity index (χ2v) is 7.39. The highest BCUT2D eigenvalue weighted by Gasteiger charge is 2.22. The van der Waals surface area contributed by atoms with Crippen molar-refractivity contribution in [3.63, 3.8) is 0 Å². The minimum Gasteiger partial charge on any atom is -0.258 e. The lowest BCUT2D eigenvalue weighted by molar-refractivity contribution is -0.374. The molecule has 0 fully saturated rings. The van der Waals surface area contributed by atoms with Crippen molar-refractivity contribution in [2.45, 2.75) is 45.4 Å². The molecular formula is C22H27NO2S. The predicted molar refractivity (Wildman–Crippen MR) is 113 cm³/mol. The summed E-state index contributed by atoms with van der Waals surface area (Å²) in [5.74, 6) is 0.903. The van der Waals surface area contributed by atoms with Crippen molar-refractivity contribution in [1.29, 1.82) is 0 Å². The third-order valence-electron chi connectivity index (χ3n) is 4.23. The summed E-state index contributed by atoms with van der Waals surface area (Å²) in [4.78, 5) is 12.4. The summed E-state index contributed by atoms with van der Waals surface area (Å²) >= 11 is 1.61. The molecule has 0 aliphatic heterocycles. The first-order chi connectivity index (χ1) is 12.7. The minimum atomic E-state index is -0.244. The highest BCUT2D eigenvalue weighted by Crippen LogP contribution is 2.36. The molecule has 0 unspecified atom stereocenters. The van der Waals surface area contributed by atoms with Gasteiger partial charge in [0.25, 0.3) is 5.70 Å². The van der Waals surface area contributed by atoms with Gasteiger partial charge < -0.3 is 0 Å². The van der Waals surface area contributed by atoms with Gasteiger partial charge in [-0.05, 0) is 29.9 Å². The number of rotatable bonds is 11. The van der Waals surface area contributed by atoms with E-state index in [0.717, 1.165) is 22.6 Å². The predicted octanol–water partition coefficient (Wildman–Crippen LogP) is 6.88. The zero-order chi connectivity index (χ0) is 18.6. The fraction of sp³-hybridized carbons (Fsp3) is 0.364. The van der Waals surface area contributed by atoms with Crippen LogP contribution in [0.15, 0.2) is 60.7 Å². The van der Waals surface area contributed by atoms with Crippen LogP contribution >= 0.6 is 11.8 Å². The summed E-state index contributed by atoms with van der Waals surface area (Å²) in [5.41, 5.74) is 1.78. The number of thioether (sulfide) groups is 1. The number of nitrogens with zero attached hydrogens (tertiary/aromatic N) is 1. The number of hydrogen-bond donors (Lipinski definition) is 0. The van der Waals surface area contributed by atoms with Crippen LogP contribution in [0, 0.1) is 10.1 Å². The van der Waals surface area contributed by atoms with Gasteiger partial charge >= 0.3 is 0 Å². The zero-order valence-electron chi connectivity index (χ0n) is 15.4. The van der Waals surface area contributed by atoms with Crippen LogP contribution < -0.4 is 0 Å². The fourth-order valence-electron chi connectivity index (χ4n) is 2.85. The third kappa shape index (κ3) is 6.34. The van der Waals surface area contributed by atoms with E-state index in [0.29, 0.717) is 5.56 Å². The Bertz CT molecular complexity index is 699. The van der Waals surface area contributed by atoms with Crippen LogP contribution in [0.4, 0.5) is 0 Å².